The Balaban J connectivity index is 2.05. The van der Waals surface area contributed by atoms with Gasteiger partial charge in [0.25, 0.3) is 0 Å². The van der Waals surface area contributed by atoms with Gasteiger partial charge in [-0.1, -0.05) is 44.9 Å². The van der Waals surface area contributed by atoms with Crippen LogP contribution in [0.5, 0.6) is 0 Å². The number of rotatable bonds is 0. The molecular formula is C16H26O4. The number of hydrogen-bond donors (Lipinski definition) is 0. The Morgan fingerprint density at radius 3 is 1.50 bits per heavy atom. The van der Waals surface area contributed by atoms with E-state index in [2.05, 4.69) is 0 Å². The molecule has 2 rings (SSSR count). The first-order valence-electron chi connectivity index (χ1n) is 8.10. The van der Waals surface area contributed by atoms with Crippen molar-refractivity contribution in [1.82, 2.24) is 0 Å². The summed E-state index contributed by atoms with van der Waals surface area (Å²) in [6, 6.07) is 0. The van der Waals surface area contributed by atoms with Gasteiger partial charge in [0.15, 0.2) is 5.41 Å². The molecule has 0 aromatic carbocycles. The second-order valence-corrected chi connectivity index (χ2v) is 6.04. The zero-order valence-electron chi connectivity index (χ0n) is 12.3. The summed E-state index contributed by atoms with van der Waals surface area (Å²) in [5.41, 5.74) is -1.01. The minimum absolute atomic E-state index is 0.346. The van der Waals surface area contributed by atoms with E-state index in [-0.39, 0.29) is 11.9 Å². The number of carbonyl (C=O) groups is 2. The molecule has 0 N–H and O–H groups in total. The van der Waals surface area contributed by atoms with E-state index in [1.54, 1.807) is 0 Å². The monoisotopic (exact) mass is 282 g/mol. The van der Waals surface area contributed by atoms with E-state index >= 15 is 0 Å². The molecule has 1 aliphatic carbocycles. The molecule has 4 nitrogen and oxygen atoms in total. The lowest BCUT2D eigenvalue weighted by Crippen LogP contribution is -2.43. The Morgan fingerprint density at radius 1 is 0.600 bits per heavy atom. The van der Waals surface area contributed by atoms with Crippen LogP contribution in [0.3, 0.4) is 0 Å². The van der Waals surface area contributed by atoms with Crippen LogP contribution in [-0.2, 0) is 19.1 Å². The highest BCUT2D eigenvalue weighted by Gasteiger charge is 2.49. The van der Waals surface area contributed by atoms with Gasteiger partial charge in [-0.3, -0.25) is 9.59 Å². The fourth-order valence-electron chi connectivity index (χ4n) is 3.16. The molecule has 1 saturated heterocycles. The van der Waals surface area contributed by atoms with Gasteiger partial charge in [-0.2, -0.15) is 0 Å². The fourth-order valence-corrected chi connectivity index (χ4v) is 3.16. The summed E-state index contributed by atoms with van der Waals surface area (Å²) in [4.78, 5) is 24.8. The van der Waals surface area contributed by atoms with Crippen LogP contribution in [0.15, 0.2) is 0 Å². The summed E-state index contributed by atoms with van der Waals surface area (Å²) in [5, 5.41) is 0. The summed E-state index contributed by atoms with van der Waals surface area (Å²) in [7, 11) is 0. The van der Waals surface area contributed by atoms with Gasteiger partial charge in [-0.05, 0) is 25.7 Å². The molecule has 0 radical (unpaired) electrons. The molecule has 0 unspecified atom stereocenters. The second kappa shape index (κ2) is 7.65. The van der Waals surface area contributed by atoms with Crippen LogP contribution in [-0.4, -0.2) is 25.2 Å². The van der Waals surface area contributed by atoms with E-state index in [0.717, 1.165) is 57.8 Å². The largest absolute Gasteiger partial charge is 0.465 e. The lowest BCUT2D eigenvalue weighted by molar-refractivity contribution is -0.175. The first-order valence-corrected chi connectivity index (χ1v) is 8.10. The van der Waals surface area contributed by atoms with Gasteiger partial charge in [-0.25, -0.2) is 0 Å². The molecule has 2 fully saturated rings. The Hall–Kier alpha value is -1.06. The van der Waals surface area contributed by atoms with Crippen molar-refractivity contribution in [3.05, 3.63) is 0 Å². The molecule has 20 heavy (non-hydrogen) atoms. The predicted molar refractivity (Wildman–Crippen MR) is 75.1 cm³/mol. The summed E-state index contributed by atoms with van der Waals surface area (Å²) in [5.74, 6) is -0.692. The molecule has 1 spiro atoms. The average molecular weight is 282 g/mol. The molecule has 4 heteroatoms. The molecule has 114 valence electrons. The molecular weight excluding hydrogens is 256 g/mol. The Kier molecular flexibility index (Phi) is 5.86. The number of hydrogen-bond acceptors (Lipinski definition) is 4. The predicted octanol–water partition coefficient (Wildman–Crippen LogP) is 3.38. The smallest absolute Gasteiger partial charge is 0.323 e. The van der Waals surface area contributed by atoms with Crippen LogP contribution < -0.4 is 0 Å². The third-order valence-electron chi connectivity index (χ3n) is 4.49. The maximum absolute atomic E-state index is 12.4. The van der Waals surface area contributed by atoms with Crippen LogP contribution in [0.2, 0.25) is 0 Å². The van der Waals surface area contributed by atoms with E-state index in [1.807, 2.05) is 0 Å². The molecule has 0 aromatic rings. The molecule has 2 aliphatic rings. The molecule has 1 aliphatic heterocycles. The highest BCUT2D eigenvalue weighted by molar-refractivity contribution is 6.00. The standard InChI is InChI=1S/C16H26O4/c17-14-16(10-6-5-7-11-16)15(18)20-13-9-4-2-1-3-8-12-19-14/h1-13H2. The molecule has 0 amide bonds. The van der Waals surface area contributed by atoms with E-state index in [1.165, 1.54) is 0 Å². The van der Waals surface area contributed by atoms with Crippen molar-refractivity contribution in [2.45, 2.75) is 70.6 Å². The highest BCUT2D eigenvalue weighted by Crippen LogP contribution is 2.39. The van der Waals surface area contributed by atoms with Crippen LogP contribution in [0, 0.1) is 5.41 Å². The molecule has 0 aromatic heterocycles. The third kappa shape index (κ3) is 3.74. The number of esters is 2. The van der Waals surface area contributed by atoms with E-state index in [4.69, 9.17) is 9.47 Å². The van der Waals surface area contributed by atoms with E-state index in [0.29, 0.717) is 26.1 Å². The summed E-state index contributed by atoms with van der Waals surface area (Å²) < 4.78 is 10.8. The molecule has 0 bridgehead atoms. The first kappa shape index (κ1) is 15.3. The summed E-state index contributed by atoms with van der Waals surface area (Å²) >= 11 is 0. The van der Waals surface area contributed by atoms with Gasteiger partial charge in [0, 0.05) is 0 Å². The SMILES string of the molecule is O=C1OCCCCCCCCOC(=O)C12CCCCC2. The lowest BCUT2D eigenvalue weighted by Gasteiger charge is -2.32. The van der Waals surface area contributed by atoms with Crippen LogP contribution in [0.25, 0.3) is 0 Å². The second-order valence-electron chi connectivity index (χ2n) is 6.04. The van der Waals surface area contributed by atoms with Crippen molar-refractivity contribution in [1.29, 1.82) is 0 Å². The molecule has 1 heterocycles. The van der Waals surface area contributed by atoms with Crippen molar-refractivity contribution in [2.75, 3.05) is 13.2 Å². The minimum atomic E-state index is -1.01. The normalized spacial score (nSPS) is 25.8. The van der Waals surface area contributed by atoms with Crippen LogP contribution >= 0.6 is 0 Å². The third-order valence-corrected chi connectivity index (χ3v) is 4.49. The van der Waals surface area contributed by atoms with Gasteiger partial charge < -0.3 is 9.47 Å². The van der Waals surface area contributed by atoms with Crippen LogP contribution in [0.1, 0.15) is 70.6 Å². The zero-order chi connectivity index (χ0) is 14.3. The van der Waals surface area contributed by atoms with Gasteiger partial charge >= 0.3 is 11.9 Å². The van der Waals surface area contributed by atoms with Gasteiger partial charge in [0.2, 0.25) is 0 Å². The van der Waals surface area contributed by atoms with Crippen molar-refractivity contribution < 1.29 is 19.1 Å². The summed E-state index contributed by atoms with van der Waals surface area (Å²) in [6.07, 6.45) is 10.4. The zero-order valence-corrected chi connectivity index (χ0v) is 12.3. The van der Waals surface area contributed by atoms with Crippen LogP contribution in [0.4, 0.5) is 0 Å². The van der Waals surface area contributed by atoms with E-state index < -0.39 is 5.41 Å². The topological polar surface area (TPSA) is 52.6 Å². The number of carbonyl (C=O) groups excluding carboxylic acids is 2. The maximum atomic E-state index is 12.4. The maximum Gasteiger partial charge on any atom is 0.323 e. The van der Waals surface area contributed by atoms with E-state index in [9.17, 15) is 9.59 Å². The highest BCUT2D eigenvalue weighted by atomic mass is 16.6. The summed E-state index contributed by atoms with van der Waals surface area (Å²) in [6.45, 7) is 0.877. The molecule has 0 atom stereocenters. The van der Waals surface area contributed by atoms with Crippen molar-refractivity contribution >= 4 is 11.9 Å². The Labute approximate surface area is 121 Å². The number of cyclic esters (lactones) is 2. The lowest BCUT2D eigenvalue weighted by atomic mass is 9.74. The van der Waals surface area contributed by atoms with Crippen molar-refractivity contribution in [3.63, 3.8) is 0 Å². The first-order chi connectivity index (χ1) is 9.76. The quantitative estimate of drug-likeness (QED) is 0.505. The average Bonchev–Trinajstić information content (AvgIpc) is 2.49. The Bertz CT molecular complexity index is 305. The van der Waals surface area contributed by atoms with Gasteiger partial charge in [0.1, 0.15) is 0 Å². The Morgan fingerprint density at radius 2 is 1.00 bits per heavy atom. The van der Waals surface area contributed by atoms with Gasteiger partial charge in [-0.15, -0.1) is 0 Å². The van der Waals surface area contributed by atoms with Crippen molar-refractivity contribution in [3.8, 4) is 0 Å². The van der Waals surface area contributed by atoms with Gasteiger partial charge in [0.05, 0.1) is 13.2 Å². The van der Waals surface area contributed by atoms with Crippen molar-refractivity contribution in [2.24, 2.45) is 5.41 Å². The minimum Gasteiger partial charge on any atom is -0.465 e. The number of ether oxygens (including phenoxy) is 2. The molecule has 1 saturated carbocycles. The fraction of sp³-hybridized carbons (Fsp3) is 0.875.